The standard InChI is InChI=1S/2C24H36O3S.Ca/c2*1-2-3-4-5-6-7-8-9-10-11-12-13-15-21-16-14-17-22-20-23(28(25,26)27)18-19-24(21)22;/h2*14,16-20H,2-13,15H2,1H3,(H,25,26,27);/q;;+2/p-2. The minimum absolute atomic E-state index is 0. The molecular weight excluding hydrogens is 777 g/mol. The van der Waals surface area contributed by atoms with Gasteiger partial charge in [0.05, 0.1) is 9.79 Å². The molecule has 4 aromatic carbocycles. The van der Waals surface area contributed by atoms with Crippen LogP contribution in [0.15, 0.2) is 82.6 Å². The van der Waals surface area contributed by atoms with Crippen molar-refractivity contribution >= 4 is 79.5 Å². The molecule has 4 aromatic rings. The van der Waals surface area contributed by atoms with E-state index in [9.17, 15) is 25.9 Å². The van der Waals surface area contributed by atoms with E-state index in [4.69, 9.17) is 0 Å². The molecule has 0 bridgehead atoms. The minimum Gasteiger partial charge on any atom is -0.744 e. The van der Waals surface area contributed by atoms with Gasteiger partial charge in [0.2, 0.25) is 0 Å². The molecule has 0 aliphatic heterocycles. The molecule has 6 nitrogen and oxygen atoms in total. The first-order valence-electron chi connectivity index (χ1n) is 22.0. The Morgan fingerprint density at radius 2 is 0.667 bits per heavy atom. The van der Waals surface area contributed by atoms with Crippen LogP contribution in [0.25, 0.3) is 21.5 Å². The van der Waals surface area contributed by atoms with E-state index in [1.807, 2.05) is 24.3 Å². The fourth-order valence-corrected chi connectivity index (χ4v) is 8.73. The SMILES string of the molecule is CCCCCCCCCCCCCCc1cccc2cc(S(=O)(=O)[O-])ccc12.CCCCCCCCCCCCCCc1cccc2cc(S(=O)(=O)[O-])ccc12.[Ca+2]. The van der Waals surface area contributed by atoms with Crippen molar-refractivity contribution in [2.75, 3.05) is 0 Å². The number of hydrogen-bond acceptors (Lipinski definition) is 6. The summed E-state index contributed by atoms with van der Waals surface area (Å²) < 4.78 is 67.2. The molecule has 0 saturated carbocycles. The topological polar surface area (TPSA) is 114 Å². The number of unbranched alkanes of at least 4 members (excludes halogenated alkanes) is 22. The van der Waals surface area contributed by atoms with Crippen LogP contribution in [0.1, 0.15) is 179 Å². The smallest absolute Gasteiger partial charge is 0.744 e. The molecule has 0 fully saturated rings. The molecule has 0 aliphatic carbocycles. The van der Waals surface area contributed by atoms with E-state index >= 15 is 0 Å². The molecule has 4 rings (SSSR count). The van der Waals surface area contributed by atoms with Gasteiger partial charge in [0, 0.05) is 0 Å². The summed E-state index contributed by atoms with van der Waals surface area (Å²) in [4.78, 5) is -0.301. The van der Waals surface area contributed by atoms with Crippen LogP contribution < -0.4 is 0 Å². The fraction of sp³-hybridized carbons (Fsp3) is 0.583. The molecule has 0 radical (unpaired) electrons. The number of hydrogen-bond donors (Lipinski definition) is 0. The third kappa shape index (κ3) is 21.0. The molecule has 0 atom stereocenters. The zero-order chi connectivity index (χ0) is 40.5. The van der Waals surface area contributed by atoms with Crippen molar-refractivity contribution in [2.24, 2.45) is 0 Å². The van der Waals surface area contributed by atoms with Crippen molar-refractivity contribution in [3.8, 4) is 0 Å². The van der Waals surface area contributed by atoms with Gasteiger partial charge in [-0.2, -0.15) is 0 Å². The van der Waals surface area contributed by atoms with E-state index < -0.39 is 20.2 Å². The Morgan fingerprint density at radius 1 is 0.386 bits per heavy atom. The molecule has 0 unspecified atom stereocenters. The summed E-state index contributed by atoms with van der Waals surface area (Å²) in [6.45, 7) is 4.52. The Bertz CT molecular complexity index is 1770. The summed E-state index contributed by atoms with van der Waals surface area (Å²) in [5.41, 5.74) is 2.47. The van der Waals surface area contributed by atoms with Crippen LogP contribution in [-0.4, -0.2) is 63.7 Å². The van der Waals surface area contributed by atoms with E-state index in [2.05, 4.69) is 26.0 Å². The first kappa shape index (κ1) is 51.6. The molecule has 57 heavy (non-hydrogen) atoms. The summed E-state index contributed by atoms with van der Waals surface area (Å²) in [6.07, 6.45) is 34.1. The average molecular weight is 847 g/mol. The largest absolute Gasteiger partial charge is 2.00 e. The van der Waals surface area contributed by atoms with Gasteiger partial charge in [-0.3, -0.25) is 0 Å². The van der Waals surface area contributed by atoms with Gasteiger partial charge in [0.15, 0.2) is 0 Å². The zero-order valence-corrected chi connectivity index (χ0v) is 39.1. The third-order valence-electron chi connectivity index (χ3n) is 11.1. The van der Waals surface area contributed by atoms with Crippen molar-refractivity contribution in [2.45, 2.75) is 191 Å². The van der Waals surface area contributed by atoms with Crippen molar-refractivity contribution in [3.63, 3.8) is 0 Å². The molecule has 0 saturated heterocycles. The summed E-state index contributed by atoms with van der Waals surface area (Å²) in [5.74, 6) is 0. The van der Waals surface area contributed by atoms with Crippen molar-refractivity contribution in [1.82, 2.24) is 0 Å². The van der Waals surface area contributed by atoms with Gasteiger partial charge in [-0.15, -0.1) is 0 Å². The van der Waals surface area contributed by atoms with Crippen LogP contribution in [-0.2, 0) is 33.1 Å². The Morgan fingerprint density at radius 3 is 0.947 bits per heavy atom. The van der Waals surface area contributed by atoms with Gasteiger partial charge in [-0.25, -0.2) is 16.8 Å². The minimum atomic E-state index is -4.40. The Hall–Kier alpha value is -1.52. The summed E-state index contributed by atoms with van der Waals surface area (Å²) in [5, 5.41) is 3.76. The summed E-state index contributed by atoms with van der Waals surface area (Å²) in [7, 11) is -8.79. The molecule has 0 spiro atoms. The third-order valence-corrected chi connectivity index (χ3v) is 12.7. The Balaban J connectivity index is 0.000000387. The average Bonchev–Trinajstić information content (AvgIpc) is 3.18. The van der Waals surface area contributed by atoms with E-state index in [1.165, 1.54) is 177 Å². The predicted octanol–water partition coefficient (Wildman–Crippen LogP) is 13.6. The van der Waals surface area contributed by atoms with Gasteiger partial charge in [0.25, 0.3) is 0 Å². The molecule has 312 valence electrons. The molecule has 0 heterocycles. The van der Waals surface area contributed by atoms with Crippen LogP contribution in [0.3, 0.4) is 0 Å². The second-order valence-electron chi connectivity index (χ2n) is 15.8. The van der Waals surface area contributed by atoms with Crippen LogP contribution in [0.5, 0.6) is 0 Å². The van der Waals surface area contributed by atoms with Crippen LogP contribution in [0, 0.1) is 0 Å². The van der Waals surface area contributed by atoms with Gasteiger partial charge >= 0.3 is 37.7 Å². The normalized spacial score (nSPS) is 11.7. The number of aryl methyl sites for hydroxylation is 2. The fourth-order valence-electron chi connectivity index (χ4n) is 7.72. The van der Waals surface area contributed by atoms with E-state index in [-0.39, 0.29) is 47.5 Å². The number of rotatable bonds is 28. The van der Waals surface area contributed by atoms with Gasteiger partial charge in [-0.05, 0) is 82.6 Å². The maximum atomic E-state index is 11.2. The quantitative estimate of drug-likeness (QED) is 0.0319. The van der Waals surface area contributed by atoms with Crippen LogP contribution in [0.4, 0.5) is 0 Å². The second-order valence-corrected chi connectivity index (χ2v) is 18.5. The maximum absolute atomic E-state index is 11.2. The zero-order valence-electron chi connectivity index (χ0n) is 35.3. The molecule has 0 aliphatic rings. The predicted molar refractivity (Wildman–Crippen MR) is 239 cm³/mol. The molecule has 0 amide bonds. The maximum Gasteiger partial charge on any atom is 2.00 e. The van der Waals surface area contributed by atoms with E-state index in [0.29, 0.717) is 0 Å². The Labute approximate surface area is 376 Å². The van der Waals surface area contributed by atoms with Gasteiger partial charge < -0.3 is 9.11 Å². The Kier molecular flexibility index (Phi) is 26.9. The monoisotopic (exact) mass is 846 g/mol. The van der Waals surface area contributed by atoms with E-state index in [0.717, 1.165) is 47.2 Å². The van der Waals surface area contributed by atoms with Gasteiger partial charge in [0.1, 0.15) is 20.2 Å². The van der Waals surface area contributed by atoms with Crippen molar-refractivity contribution in [1.29, 1.82) is 0 Å². The molecular formula is C48H70CaO6S2. The first-order valence-corrected chi connectivity index (χ1v) is 24.8. The van der Waals surface area contributed by atoms with Crippen LogP contribution >= 0.6 is 0 Å². The van der Waals surface area contributed by atoms with Crippen molar-refractivity contribution in [3.05, 3.63) is 83.9 Å². The van der Waals surface area contributed by atoms with Crippen molar-refractivity contribution < 1.29 is 25.9 Å². The van der Waals surface area contributed by atoms with E-state index in [1.54, 1.807) is 12.1 Å². The molecule has 9 heteroatoms. The number of fused-ring (bicyclic) bond motifs is 2. The van der Waals surface area contributed by atoms with Crippen LogP contribution in [0.2, 0.25) is 0 Å². The summed E-state index contributed by atoms with van der Waals surface area (Å²) in [6, 6.07) is 21.2. The summed E-state index contributed by atoms with van der Waals surface area (Å²) >= 11 is 0. The first-order chi connectivity index (χ1) is 27.0. The molecule has 0 N–H and O–H groups in total. The second kappa shape index (κ2) is 29.7. The number of benzene rings is 4. The molecule has 0 aromatic heterocycles. The van der Waals surface area contributed by atoms with Gasteiger partial charge in [-0.1, -0.05) is 204 Å².